The molecule has 0 bridgehead atoms. The molecule has 1 unspecified atom stereocenters. The molecule has 1 fully saturated rings. The normalized spacial score (nSPS) is 19.0. The van der Waals surface area contributed by atoms with Crippen molar-refractivity contribution in [3.8, 4) is 0 Å². The van der Waals surface area contributed by atoms with E-state index in [4.69, 9.17) is 0 Å². The molecule has 2 heterocycles. The number of nitrogens with zero attached hydrogens (tertiary/aromatic N) is 2. The summed E-state index contributed by atoms with van der Waals surface area (Å²) in [6, 6.07) is 6.58. The molecule has 1 aromatic heterocycles. The summed E-state index contributed by atoms with van der Waals surface area (Å²) in [5, 5.41) is 8.31. The Bertz CT molecular complexity index is 733. The van der Waals surface area contributed by atoms with Crippen LogP contribution in [0.5, 0.6) is 0 Å². The zero-order chi connectivity index (χ0) is 18.4. The van der Waals surface area contributed by atoms with Crippen LogP contribution in [0.4, 0.5) is 0 Å². The second-order valence-corrected chi connectivity index (χ2v) is 7.41. The van der Waals surface area contributed by atoms with Gasteiger partial charge in [-0.05, 0) is 56.3 Å². The second-order valence-electron chi connectivity index (χ2n) is 7.41. The van der Waals surface area contributed by atoms with Gasteiger partial charge in [0.2, 0.25) is 0 Å². The Morgan fingerprint density at radius 3 is 2.96 bits per heavy atom. The number of rotatable bonds is 6. The Balaban J connectivity index is 1.49. The molecule has 142 valence electrons. The van der Waals surface area contributed by atoms with Gasteiger partial charge < -0.3 is 20.5 Å². The van der Waals surface area contributed by atoms with E-state index in [2.05, 4.69) is 63.9 Å². The van der Waals surface area contributed by atoms with Gasteiger partial charge in [0.05, 0.1) is 0 Å². The summed E-state index contributed by atoms with van der Waals surface area (Å²) in [7, 11) is 4.06. The summed E-state index contributed by atoms with van der Waals surface area (Å²) in [6.45, 7) is 6.49. The lowest BCUT2D eigenvalue weighted by Crippen LogP contribution is -2.44. The van der Waals surface area contributed by atoms with E-state index in [0.717, 1.165) is 31.9 Å². The Morgan fingerprint density at radius 1 is 1.31 bits per heavy atom. The molecular weight excluding hydrogens is 322 g/mol. The number of piperidine rings is 1. The first kappa shape index (κ1) is 18.8. The van der Waals surface area contributed by atoms with Crippen molar-refractivity contribution < 1.29 is 0 Å². The number of aryl methyl sites for hydroxylation is 1. The molecule has 26 heavy (non-hydrogen) atoms. The van der Waals surface area contributed by atoms with Crippen LogP contribution in [0.2, 0.25) is 0 Å². The molecule has 1 atom stereocenters. The monoisotopic (exact) mass is 355 g/mol. The second kappa shape index (κ2) is 9.08. The van der Waals surface area contributed by atoms with Gasteiger partial charge >= 0.3 is 0 Å². The van der Waals surface area contributed by atoms with E-state index in [-0.39, 0.29) is 0 Å². The van der Waals surface area contributed by atoms with Crippen molar-refractivity contribution in [3.63, 3.8) is 0 Å². The van der Waals surface area contributed by atoms with Gasteiger partial charge in [-0.15, -0.1) is 0 Å². The first-order chi connectivity index (χ1) is 12.7. The minimum atomic E-state index is 0.716. The van der Waals surface area contributed by atoms with E-state index in [1.807, 2.05) is 7.05 Å². The number of likely N-dealkylation sites (tertiary alicyclic amines) is 1. The zero-order valence-corrected chi connectivity index (χ0v) is 16.4. The van der Waals surface area contributed by atoms with E-state index in [1.54, 1.807) is 0 Å². The van der Waals surface area contributed by atoms with E-state index < -0.39 is 0 Å². The number of hydrogen-bond donors (Lipinski definition) is 3. The van der Waals surface area contributed by atoms with Crippen molar-refractivity contribution in [1.82, 2.24) is 20.5 Å². The van der Waals surface area contributed by atoms with Gasteiger partial charge in [-0.3, -0.25) is 4.99 Å². The molecule has 0 spiro atoms. The highest BCUT2D eigenvalue weighted by molar-refractivity contribution is 5.86. The molecule has 0 radical (unpaired) electrons. The largest absolute Gasteiger partial charge is 0.361 e. The number of aliphatic imine (C=N–C) groups is 1. The fourth-order valence-electron chi connectivity index (χ4n) is 3.99. The molecule has 5 heteroatoms. The SMILES string of the molecule is CCc1cccc2c(CCNC(=NC)NCC3CCCN(C)C3)c[nH]c12. The smallest absolute Gasteiger partial charge is 0.190 e. The van der Waals surface area contributed by atoms with Crippen LogP contribution in [0.15, 0.2) is 29.4 Å². The molecule has 0 aliphatic carbocycles. The molecule has 1 saturated heterocycles. The lowest BCUT2D eigenvalue weighted by Gasteiger charge is -2.30. The lowest BCUT2D eigenvalue weighted by atomic mass is 9.99. The van der Waals surface area contributed by atoms with E-state index in [0.29, 0.717) is 5.92 Å². The topological polar surface area (TPSA) is 55.5 Å². The number of H-pyrrole nitrogens is 1. The summed E-state index contributed by atoms with van der Waals surface area (Å²) in [5.41, 5.74) is 4.04. The fraction of sp³-hybridized carbons (Fsp3) is 0.571. The average molecular weight is 356 g/mol. The third-order valence-electron chi connectivity index (χ3n) is 5.46. The number of benzene rings is 1. The number of aromatic amines is 1. The highest BCUT2D eigenvalue weighted by Gasteiger charge is 2.17. The van der Waals surface area contributed by atoms with Crippen LogP contribution in [0.25, 0.3) is 10.9 Å². The molecule has 0 saturated carbocycles. The van der Waals surface area contributed by atoms with Crippen LogP contribution in [0.3, 0.4) is 0 Å². The average Bonchev–Trinajstić information content (AvgIpc) is 3.07. The fourth-order valence-corrected chi connectivity index (χ4v) is 3.99. The summed E-state index contributed by atoms with van der Waals surface area (Å²) in [5.74, 6) is 1.63. The molecule has 1 aliphatic rings. The number of fused-ring (bicyclic) bond motifs is 1. The van der Waals surface area contributed by atoms with Gasteiger partial charge in [-0.2, -0.15) is 0 Å². The molecule has 0 amide bonds. The molecule has 5 nitrogen and oxygen atoms in total. The highest BCUT2D eigenvalue weighted by Crippen LogP contribution is 2.22. The Hall–Kier alpha value is -2.01. The summed E-state index contributed by atoms with van der Waals surface area (Å²) >= 11 is 0. The van der Waals surface area contributed by atoms with Crippen molar-refractivity contribution in [1.29, 1.82) is 0 Å². The van der Waals surface area contributed by atoms with Crippen molar-refractivity contribution in [2.75, 3.05) is 40.3 Å². The van der Waals surface area contributed by atoms with Crippen LogP contribution in [-0.2, 0) is 12.8 Å². The molecular formula is C21H33N5. The molecule has 3 N–H and O–H groups in total. The van der Waals surface area contributed by atoms with Gasteiger partial charge in [0.15, 0.2) is 5.96 Å². The Morgan fingerprint density at radius 2 is 2.19 bits per heavy atom. The minimum absolute atomic E-state index is 0.716. The highest BCUT2D eigenvalue weighted by atomic mass is 15.2. The Labute approximate surface area is 157 Å². The van der Waals surface area contributed by atoms with E-state index >= 15 is 0 Å². The number of para-hydroxylation sites is 1. The van der Waals surface area contributed by atoms with Crippen molar-refractivity contribution in [3.05, 3.63) is 35.5 Å². The van der Waals surface area contributed by atoms with Gasteiger partial charge in [0.25, 0.3) is 0 Å². The standard InChI is InChI=1S/C21H33N5/c1-4-17-8-5-9-19-18(14-24-20(17)19)10-11-23-21(22-2)25-13-16-7-6-12-26(3)15-16/h5,8-9,14,16,24H,4,6-7,10-13,15H2,1-3H3,(H2,22,23,25). The molecule has 2 aromatic rings. The number of hydrogen-bond acceptors (Lipinski definition) is 2. The number of aromatic nitrogens is 1. The maximum Gasteiger partial charge on any atom is 0.190 e. The predicted octanol–water partition coefficient (Wildman–Crippen LogP) is 2.78. The lowest BCUT2D eigenvalue weighted by molar-refractivity contribution is 0.210. The molecule has 3 rings (SSSR count). The minimum Gasteiger partial charge on any atom is -0.361 e. The van der Waals surface area contributed by atoms with Crippen LogP contribution < -0.4 is 10.6 Å². The quantitative estimate of drug-likeness (QED) is 0.552. The van der Waals surface area contributed by atoms with Crippen LogP contribution >= 0.6 is 0 Å². The number of guanidine groups is 1. The van der Waals surface area contributed by atoms with Crippen LogP contribution in [-0.4, -0.2) is 56.1 Å². The Kier molecular flexibility index (Phi) is 6.56. The van der Waals surface area contributed by atoms with E-state index in [1.165, 1.54) is 48.0 Å². The predicted molar refractivity (Wildman–Crippen MR) is 111 cm³/mol. The number of nitrogens with one attached hydrogen (secondary N) is 3. The van der Waals surface area contributed by atoms with Crippen molar-refractivity contribution in [2.24, 2.45) is 10.9 Å². The van der Waals surface area contributed by atoms with E-state index in [9.17, 15) is 0 Å². The van der Waals surface area contributed by atoms with Crippen LogP contribution in [0.1, 0.15) is 30.9 Å². The zero-order valence-electron chi connectivity index (χ0n) is 16.4. The van der Waals surface area contributed by atoms with Gasteiger partial charge in [-0.25, -0.2) is 0 Å². The third kappa shape index (κ3) is 4.58. The maximum atomic E-state index is 4.37. The summed E-state index contributed by atoms with van der Waals surface area (Å²) in [4.78, 5) is 10.3. The van der Waals surface area contributed by atoms with Gasteiger partial charge in [0, 0.05) is 43.8 Å². The van der Waals surface area contributed by atoms with Gasteiger partial charge in [0.1, 0.15) is 0 Å². The molecule has 1 aromatic carbocycles. The first-order valence-electron chi connectivity index (χ1n) is 9.92. The van der Waals surface area contributed by atoms with Crippen LogP contribution in [0, 0.1) is 5.92 Å². The summed E-state index contributed by atoms with van der Waals surface area (Å²) in [6.07, 6.45) is 6.81. The third-order valence-corrected chi connectivity index (χ3v) is 5.46. The van der Waals surface area contributed by atoms with Crippen molar-refractivity contribution in [2.45, 2.75) is 32.6 Å². The van der Waals surface area contributed by atoms with Crippen molar-refractivity contribution >= 4 is 16.9 Å². The first-order valence-corrected chi connectivity index (χ1v) is 9.92. The molecule has 1 aliphatic heterocycles. The maximum absolute atomic E-state index is 4.37. The summed E-state index contributed by atoms with van der Waals surface area (Å²) < 4.78 is 0. The van der Waals surface area contributed by atoms with Gasteiger partial charge in [-0.1, -0.05) is 25.1 Å².